The maximum absolute atomic E-state index is 12.6. The molecule has 0 aliphatic carbocycles. The van der Waals surface area contributed by atoms with E-state index in [1.165, 1.54) is 23.5 Å². The number of anilines is 1. The average molecular weight is 374 g/mol. The zero-order chi connectivity index (χ0) is 18.2. The Morgan fingerprint density at radius 2 is 1.92 bits per heavy atom. The smallest absolute Gasteiger partial charge is 0.258 e. The first-order valence-electron chi connectivity index (χ1n) is 7.82. The Balaban J connectivity index is 1.98. The standard InChI is InChI=1S/C18H18N2O3S2/c1-4-25(22,23)15-8-6-5-7-13(15)17(21)20-18-19-14-10-11(2)9-12(3)16(14)24-18/h5-10H,4H2,1-3H3,(H,19,20,21). The van der Waals surface area contributed by atoms with Gasteiger partial charge in [0, 0.05) is 0 Å². The third-order valence-corrected chi connectivity index (χ3v) is 6.80. The van der Waals surface area contributed by atoms with Crippen molar-refractivity contribution < 1.29 is 13.2 Å². The molecule has 25 heavy (non-hydrogen) atoms. The highest BCUT2D eigenvalue weighted by Crippen LogP contribution is 2.30. The number of sulfone groups is 1. The van der Waals surface area contributed by atoms with Gasteiger partial charge in [-0.2, -0.15) is 0 Å². The van der Waals surface area contributed by atoms with Crippen LogP contribution in [0.3, 0.4) is 0 Å². The summed E-state index contributed by atoms with van der Waals surface area (Å²) in [6, 6.07) is 10.3. The number of fused-ring (bicyclic) bond motifs is 1. The summed E-state index contributed by atoms with van der Waals surface area (Å²) in [5.41, 5.74) is 3.17. The number of carbonyl (C=O) groups is 1. The van der Waals surface area contributed by atoms with Crippen LogP contribution >= 0.6 is 11.3 Å². The van der Waals surface area contributed by atoms with E-state index in [4.69, 9.17) is 0 Å². The normalized spacial score (nSPS) is 11.6. The van der Waals surface area contributed by atoms with E-state index in [2.05, 4.69) is 16.4 Å². The molecule has 2 aromatic carbocycles. The van der Waals surface area contributed by atoms with Crippen LogP contribution in [0.15, 0.2) is 41.3 Å². The van der Waals surface area contributed by atoms with Crippen LogP contribution in [0.4, 0.5) is 5.13 Å². The van der Waals surface area contributed by atoms with Crippen molar-refractivity contribution in [1.29, 1.82) is 0 Å². The first-order valence-corrected chi connectivity index (χ1v) is 10.3. The summed E-state index contributed by atoms with van der Waals surface area (Å²) in [6.07, 6.45) is 0. The number of hydrogen-bond acceptors (Lipinski definition) is 5. The van der Waals surface area contributed by atoms with Crippen LogP contribution in [-0.4, -0.2) is 25.1 Å². The maximum atomic E-state index is 12.6. The van der Waals surface area contributed by atoms with Crippen LogP contribution in [0.5, 0.6) is 0 Å². The first kappa shape index (κ1) is 17.6. The fraction of sp³-hybridized carbons (Fsp3) is 0.222. The number of rotatable bonds is 4. The molecule has 0 aliphatic rings. The van der Waals surface area contributed by atoms with Crippen molar-refractivity contribution in [3.05, 3.63) is 53.1 Å². The van der Waals surface area contributed by atoms with Crippen LogP contribution < -0.4 is 5.32 Å². The summed E-state index contributed by atoms with van der Waals surface area (Å²) < 4.78 is 25.4. The fourth-order valence-electron chi connectivity index (χ4n) is 2.68. The Labute approximate surface area is 150 Å². The van der Waals surface area contributed by atoms with Crippen molar-refractivity contribution in [3.8, 4) is 0 Å². The predicted octanol–water partition coefficient (Wildman–Crippen LogP) is 3.96. The molecule has 0 saturated heterocycles. The topological polar surface area (TPSA) is 76.1 Å². The van der Waals surface area contributed by atoms with Gasteiger partial charge in [-0.3, -0.25) is 10.1 Å². The molecule has 0 spiro atoms. The van der Waals surface area contributed by atoms with Crippen molar-refractivity contribution in [2.45, 2.75) is 25.7 Å². The molecule has 1 N–H and O–H groups in total. The number of nitrogens with one attached hydrogen (secondary N) is 1. The minimum atomic E-state index is -3.48. The van der Waals surface area contributed by atoms with Crippen molar-refractivity contribution >= 4 is 42.4 Å². The third-order valence-electron chi connectivity index (χ3n) is 3.89. The fourth-order valence-corrected chi connectivity index (χ4v) is 4.68. The molecule has 0 aliphatic heterocycles. The number of thiazole rings is 1. The van der Waals surface area contributed by atoms with Crippen molar-refractivity contribution in [1.82, 2.24) is 4.98 Å². The molecule has 1 aromatic heterocycles. The molecule has 3 aromatic rings. The molecule has 0 bridgehead atoms. The molecule has 1 heterocycles. The van der Waals surface area contributed by atoms with Gasteiger partial charge in [-0.25, -0.2) is 13.4 Å². The second kappa shape index (κ2) is 6.57. The Morgan fingerprint density at radius 3 is 2.64 bits per heavy atom. The van der Waals surface area contributed by atoms with Crippen molar-refractivity contribution in [3.63, 3.8) is 0 Å². The summed E-state index contributed by atoms with van der Waals surface area (Å²) in [7, 11) is -3.48. The Hall–Kier alpha value is -2.25. The molecule has 130 valence electrons. The highest BCUT2D eigenvalue weighted by atomic mass is 32.2. The van der Waals surface area contributed by atoms with E-state index >= 15 is 0 Å². The summed E-state index contributed by atoms with van der Waals surface area (Å²) in [5, 5.41) is 3.19. The summed E-state index contributed by atoms with van der Waals surface area (Å²) in [6.45, 7) is 5.56. The maximum Gasteiger partial charge on any atom is 0.258 e. The zero-order valence-corrected chi connectivity index (χ0v) is 15.8. The quantitative estimate of drug-likeness (QED) is 0.750. The van der Waals surface area contributed by atoms with Crippen LogP contribution in [0.2, 0.25) is 0 Å². The lowest BCUT2D eigenvalue weighted by molar-refractivity contribution is 0.102. The first-order chi connectivity index (χ1) is 11.8. The van der Waals surface area contributed by atoms with Gasteiger partial charge in [0.25, 0.3) is 5.91 Å². The molecule has 5 nitrogen and oxygen atoms in total. The van der Waals surface area contributed by atoms with Crippen LogP contribution in [0.1, 0.15) is 28.4 Å². The number of carbonyl (C=O) groups excluding carboxylic acids is 1. The molecule has 7 heteroatoms. The van der Waals surface area contributed by atoms with Gasteiger partial charge in [-0.05, 0) is 43.2 Å². The largest absolute Gasteiger partial charge is 0.298 e. The van der Waals surface area contributed by atoms with Gasteiger partial charge in [0.2, 0.25) is 0 Å². The lowest BCUT2D eigenvalue weighted by Gasteiger charge is -2.08. The van der Waals surface area contributed by atoms with E-state index in [1.54, 1.807) is 19.1 Å². The summed E-state index contributed by atoms with van der Waals surface area (Å²) >= 11 is 1.38. The highest BCUT2D eigenvalue weighted by molar-refractivity contribution is 7.91. The highest BCUT2D eigenvalue weighted by Gasteiger charge is 2.21. The molecular weight excluding hydrogens is 356 g/mol. The zero-order valence-electron chi connectivity index (χ0n) is 14.2. The second-order valence-electron chi connectivity index (χ2n) is 5.80. The van der Waals surface area contributed by atoms with Crippen molar-refractivity contribution in [2.24, 2.45) is 0 Å². The van der Waals surface area contributed by atoms with Gasteiger partial charge < -0.3 is 0 Å². The van der Waals surface area contributed by atoms with Gasteiger partial charge >= 0.3 is 0 Å². The molecule has 0 saturated carbocycles. The number of hydrogen-bond donors (Lipinski definition) is 1. The number of aromatic nitrogens is 1. The van der Waals surface area contributed by atoms with E-state index in [1.807, 2.05) is 19.9 Å². The van der Waals surface area contributed by atoms with Crippen LogP contribution in [0, 0.1) is 13.8 Å². The summed E-state index contributed by atoms with van der Waals surface area (Å²) in [5.74, 6) is -0.530. The van der Waals surface area contributed by atoms with Gasteiger partial charge in [0.15, 0.2) is 15.0 Å². The molecule has 0 fully saturated rings. The van der Waals surface area contributed by atoms with Gasteiger partial charge in [0.1, 0.15) is 0 Å². The van der Waals surface area contributed by atoms with Crippen LogP contribution in [-0.2, 0) is 9.84 Å². The van der Waals surface area contributed by atoms with E-state index in [-0.39, 0.29) is 16.2 Å². The summed E-state index contributed by atoms with van der Waals surface area (Å²) in [4.78, 5) is 17.1. The lowest BCUT2D eigenvalue weighted by Crippen LogP contribution is -2.17. The molecule has 1 amide bonds. The van der Waals surface area contributed by atoms with E-state index in [0.29, 0.717) is 5.13 Å². The van der Waals surface area contributed by atoms with Gasteiger partial charge in [-0.1, -0.05) is 36.5 Å². The minimum Gasteiger partial charge on any atom is -0.298 e. The Kier molecular flexibility index (Phi) is 4.62. The number of benzene rings is 2. The molecule has 0 unspecified atom stereocenters. The average Bonchev–Trinajstić information content (AvgIpc) is 2.97. The third kappa shape index (κ3) is 3.43. The molecule has 3 rings (SSSR count). The number of nitrogens with zero attached hydrogens (tertiary/aromatic N) is 1. The Bertz CT molecular complexity index is 1070. The number of amides is 1. The van der Waals surface area contributed by atoms with Gasteiger partial charge in [-0.15, -0.1) is 0 Å². The number of aryl methyl sites for hydroxylation is 2. The van der Waals surface area contributed by atoms with Crippen LogP contribution in [0.25, 0.3) is 10.2 Å². The van der Waals surface area contributed by atoms with Gasteiger partial charge in [0.05, 0.1) is 26.4 Å². The molecule has 0 atom stereocenters. The lowest BCUT2D eigenvalue weighted by atomic mass is 10.1. The molecular formula is C18H18N2O3S2. The monoisotopic (exact) mass is 374 g/mol. The van der Waals surface area contributed by atoms with E-state index in [9.17, 15) is 13.2 Å². The molecule has 0 radical (unpaired) electrons. The van der Waals surface area contributed by atoms with E-state index in [0.717, 1.165) is 21.3 Å². The SMILES string of the molecule is CCS(=O)(=O)c1ccccc1C(=O)Nc1nc2cc(C)cc(C)c2s1. The van der Waals surface area contributed by atoms with E-state index < -0.39 is 15.7 Å². The predicted molar refractivity (Wildman–Crippen MR) is 101 cm³/mol. The van der Waals surface area contributed by atoms with Crippen molar-refractivity contribution in [2.75, 3.05) is 11.1 Å². The second-order valence-corrected chi connectivity index (χ2v) is 9.05. The minimum absolute atomic E-state index is 0.0446. The Morgan fingerprint density at radius 1 is 1.20 bits per heavy atom.